The van der Waals surface area contributed by atoms with Crippen molar-refractivity contribution < 1.29 is 8.42 Å². The van der Waals surface area contributed by atoms with E-state index in [0.717, 1.165) is 12.1 Å². The summed E-state index contributed by atoms with van der Waals surface area (Å²) in [6.45, 7) is 13.3. The molecule has 0 aliphatic rings. The number of hydrogen-bond acceptors (Lipinski definition) is 3. The molecule has 120 valence electrons. The molecule has 0 atom stereocenters. The maximum atomic E-state index is 12.5. The van der Waals surface area contributed by atoms with Gasteiger partial charge in [-0.25, -0.2) is 13.1 Å². The molecule has 0 saturated heterocycles. The van der Waals surface area contributed by atoms with Crippen LogP contribution in [0.5, 0.6) is 0 Å². The van der Waals surface area contributed by atoms with Gasteiger partial charge in [0.2, 0.25) is 10.0 Å². The topological polar surface area (TPSA) is 58.2 Å². The highest BCUT2D eigenvalue weighted by Crippen LogP contribution is 2.18. The molecule has 0 aliphatic carbocycles. The molecule has 0 amide bonds. The molecule has 0 spiro atoms. The fraction of sp³-hybridized carbons (Fsp3) is 0.625. The molecule has 0 aliphatic heterocycles. The number of sulfonamides is 1. The van der Waals surface area contributed by atoms with Crippen LogP contribution in [0.2, 0.25) is 0 Å². The second-order valence-electron chi connectivity index (χ2n) is 7.63. The van der Waals surface area contributed by atoms with Gasteiger partial charge < -0.3 is 5.32 Å². The van der Waals surface area contributed by atoms with Crippen LogP contribution in [0.3, 0.4) is 0 Å². The van der Waals surface area contributed by atoms with E-state index in [0.29, 0.717) is 11.4 Å². The van der Waals surface area contributed by atoms with Gasteiger partial charge >= 0.3 is 0 Å². The van der Waals surface area contributed by atoms with Crippen LogP contribution < -0.4 is 10.0 Å². The fourth-order valence-corrected chi connectivity index (χ4v) is 3.60. The smallest absolute Gasteiger partial charge is 0.241 e. The van der Waals surface area contributed by atoms with Crippen molar-refractivity contribution in [1.82, 2.24) is 10.0 Å². The van der Waals surface area contributed by atoms with Crippen LogP contribution in [0.4, 0.5) is 0 Å². The van der Waals surface area contributed by atoms with Gasteiger partial charge in [0.15, 0.2) is 0 Å². The molecule has 1 aromatic rings. The predicted molar refractivity (Wildman–Crippen MR) is 87.7 cm³/mol. The summed E-state index contributed by atoms with van der Waals surface area (Å²) in [7, 11) is -3.50. The molecule has 2 N–H and O–H groups in total. The molecule has 0 radical (unpaired) electrons. The summed E-state index contributed by atoms with van der Waals surface area (Å²) < 4.78 is 27.7. The average Bonchev–Trinajstić information content (AvgIpc) is 2.24. The van der Waals surface area contributed by atoms with Crippen molar-refractivity contribution in [2.24, 2.45) is 5.41 Å². The van der Waals surface area contributed by atoms with Gasteiger partial charge in [-0.1, -0.05) is 39.0 Å². The normalized spacial score (nSPS) is 13.4. The third kappa shape index (κ3) is 6.59. The molecule has 0 fully saturated rings. The van der Waals surface area contributed by atoms with Gasteiger partial charge in [-0.3, -0.25) is 0 Å². The van der Waals surface area contributed by atoms with E-state index in [1.807, 2.05) is 32.9 Å². The van der Waals surface area contributed by atoms with Crippen LogP contribution in [0.1, 0.15) is 47.1 Å². The standard InChI is InChI=1S/C16H28N2O2S/c1-15(2,3)12-17-11-13-9-7-8-10-14(13)21(19,20)18-16(4,5)6/h7-10,17-18H,11-12H2,1-6H3. The maximum absolute atomic E-state index is 12.5. The van der Waals surface area contributed by atoms with Crippen molar-refractivity contribution in [2.75, 3.05) is 6.54 Å². The van der Waals surface area contributed by atoms with Crippen molar-refractivity contribution in [1.29, 1.82) is 0 Å². The van der Waals surface area contributed by atoms with Crippen LogP contribution in [-0.2, 0) is 16.6 Å². The second-order valence-corrected chi connectivity index (χ2v) is 9.28. The van der Waals surface area contributed by atoms with E-state index in [1.165, 1.54) is 0 Å². The monoisotopic (exact) mass is 312 g/mol. The molecule has 1 rings (SSSR count). The average molecular weight is 312 g/mol. The van der Waals surface area contributed by atoms with Crippen LogP contribution in [-0.4, -0.2) is 20.5 Å². The Balaban J connectivity index is 2.94. The molecule has 0 heterocycles. The molecular formula is C16H28N2O2S. The fourth-order valence-electron chi connectivity index (χ4n) is 1.94. The van der Waals surface area contributed by atoms with Crippen LogP contribution in [0.15, 0.2) is 29.2 Å². The number of benzene rings is 1. The van der Waals surface area contributed by atoms with Crippen molar-refractivity contribution in [3.05, 3.63) is 29.8 Å². The van der Waals surface area contributed by atoms with Crippen molar-refractivity contribution in [3.8, 4) is 0 Å². The summed E-state index contributed by atoms with van der Waals surface area (Å²) in [6.07, 6.45) is 0. The van der Waals surface area contributed by atoms with E-state index in [4.69, 9.17) is 0 Å². The maximum Gasteiger partial charge on any atom is 0.241 e. The van der Waals surface area contributed by atoms with Gasteiger partial charge in [-0.05, 0) is 37.8 Å². The molecular weight excluding hydrogens is 284 g/mol. The summed E-state index contributed by atoms with van der Waals surface area (Å²) in [5.41, 5.74) is 0.459. The molecule has 0 bridgehead atoms. The summed E-state index contributed by atoms with van der Waals surface area (Å²) >= 11 is 0. The number of rotatable bonds is 5. The van der Waals surface area contributed by atoms with Crippen LogP contribution >= 0.6 is 0 Å². The molecule has 1 aromatic carbocycles. The van der Waals surface area contributed by atoms with Crippen molar-refractivity contribution >= 4 is 10.0 Å². The second kappa shape index (κ2) is 6.46. The zero-order chi connectivity index (χ0) is 16.3. The summed E-state index contributed by atoms with van der Waals surface area (Å²) in [6, 6.07) is 7.13. The Bertz CT molecular complexity index is 567. The Morgan fingerprint density at radius 1 is 1.00 bits per heavy atom. The molecule has 5 heteroatoms. The first kappa shape index (κ1) is 18.1. The Morgan fingerprint density at radius 3 is 2.10 bits per heavy atom. The summed E-state index contributed by atoms with van der Waals surface area (Å²) in [4.78, 5) is 0.348. The zero-order valence-electron chi connectivity index (χ0n) is 13.9. The zero-order valence-corrected chi connectivity index (χ0v) is 14.8. The van der Waals surface area contributed by atoms with Crippen molar-refractivity contribution in [3.63, 3.8) is 0 Å². The third-order valence-corrected chi connectivity index (χ3v) is 4.53. The number of hydrogen-bond donors (Lipinski definition) is 2. The largest absolute Gasteiger partial charge is 0.312 e. The van der Waals surface area contributed by atoms with Gasteiger partial charge in [0, 0.05) is 18.6 Å². The summed E-state index contributed by atoms with van der Waals surface area (Å²) in [5, 5.41) is 3.32. The molecule has 21 heavy (non-hydrogen) atoms. The minimum Gasteiger partial charge on any atom is -0.312 e. The first-order valence-electron chi connectivity index (χ1n) is 7.23. The lowest BCUT2D eigenvalue weighted by atomic mass is 9.97. The molecule has 4 nitrogen and oxygen atoms in total. The van der Waals surface area contributed by atoms with Crippen LogP contribution in [0, 0.1) is 5.41 Å². The lowest BCUT2D eigenvalue weighted by molar-refractivity contribution is 0.378. The first-order valence-corrected chi connectivity index (χ1v) is 8.72. The van der Waals surface area contributed by atoms with E-state index in [1.54, 1.807) is 12.1 Å². The predicted octanol–water partition coefficient (Wildman–Crippen LogP) is 2.90. The minimum absolute atomic E-state index is 0.164. The van der Waals surface area contributed by atoms with Gasteiger partial charge in [0.05, 0.1) is 4.90 Å². The Hall–Kier alpha value is -0.910. The van der Waals surface area contributed by atoms with E-state index in [2.05, 4.69) is 30.8 Å². The quantitative estimate of drug-likeness (QED) is 0.879. The highest BCUT2D eigenvalue weighted by atomic mass is 32.2. The number of nitrogens with one attached hydrogen (secondary N) is 2. The van der Waals surface area contributed by atoms with Crippen molar-refractivity contribution in [2.45, 2.75) is 58.5 Å². The Kier molecular flexibility index (Phi) is 5.58. The Labute approximate surface area is 129 Å². The van der Waals surface area contributed by atoms with E-state index in [-0.39, 0.29) is 5.41 Å². The van der Waals surface area contributed by atoms with Gasteiger partial charge in [-0.2, -0.15) is 0 Å². The first-order chi connectivity index (χ1) is 9.41. The molecule has 0 aromatic heterocycles. The van der Waals surface area contributed by atoms with E-state index in [9.17, 15) is 8.42 Å². The SMILES string of the molecule is CC(C)(C)CNCc1ccccc1S(=O)(=O)NC(C)(C)C. The highest BCUT2D eigenvalue weighted by molar-refractivity contribution is 7.89. The van der Waals surface area contributed by atoms with E-state index < -0.39 is 15.6 Å². The van der Waals surface area contributed by atoms with Gasteiger partial charge in [-0.15, -0.1) is 0 Å². The van der Waals surface area contributed by atoms with Gasteiger partial charge in [0.25, 0.3) is 0 Å². The molecule has 0 unspecified atom stereocenters. The molecule has 0 saturated carbocycles. The van der Waals surface area contributed by atoms with E-state index >= 15 is 0 Å². The third-order valence-electron chi connectivity index (χ3n) is 2.67. The van der Waals surface area contributed by atoms with Gasteiger partial charge in [0.1, 0.15) is 0 Å². The van der Waals surface area contributed by atoms with Crippen LogP contribution in [0.25, 0.3) is 0 Å². The lowest BCUT2D eigenvalue weighted by Crippen LogP contribution is -2.41. The lowest BCUT2D eigenvalue weighted by Gasteiger charge is -2.22. The highest BCUT2D eigenvalue weighted by Gasteiger charge is 2.24. The minimum atomic E-state index is -3.50. The summed E-state index contributed by atoms with van der Waals surface area (Å²) in [5.74, 6) is 0. The Morgan fingerprint density at radius 2 is 1.57 bits per heavy atom.